The van der Waals surface area contributed by atoms with E-state index in [1.807, 2.05) is 6.07 Å². The molecule has 0 aliphatic heterocycles. The van der Waals surface area contributed by atoms with Crippen LogP contribution in [0.3, 0.4) is 0 Å². The monoisotopic (exact) mass is 593 g/mol. The molecule has 0 saturated heterocycles. The highest BCUT2D eigenvalue weighted by Gasteiger charge is 2.26. The van der Waals surface area contributed by atoms with E-state index in [0.29, 0.717) is 29.4 Å². The van der Waals surface area contributed by atoms with E-state index >= 15 is 0 Å². The van der Waals surface area contributed by atoms with E-state index in [4.69, 9.17) is 21.1 Å². The number of nitrogens with one attached hydrogen (secondary N) is 1. The van der Waals surface area contributed by atoms with E-state index in [1.165, 1.54) is 29.5 Å². The van der Waals surface area contributed by atoms with E-state index in [2.05, 4.69) is 64.2 Å². The molecule has 3 rings (SSSR count). The Morgan fingerprint density at radius 3 is 2.33 bits per heavy atom. The number of ether oxygens (including phenoxy) is 2. The first kappa shape index (κ1) is 32.6. The van der Waals surface area contributed by atoms with Crippen molar-refractivity contribution in [3.8, 4) is 17.2 Å². The molecule has 0 aromatic heterocycles. The number of rotatable bonds is 14. The van der Waals surface area contributed by atoms with Crippen LogP contribution in [0.1, 0.15) is 83.9 Å². The predicted octanol–water partition coefficient (Wildman–Crippen LogP) is 8.73. The van der Waals surface area contributed by atoms with Crippen molar-refractivity contribution in [1.29, 1.82) is 0 Å². The summed E-state index contributed by atoms with van der Waals surface area (Å²) in [5.74, 6) is 0.919. The van der Waals surface area contributed by atoms with Gasteiger partial charge in [0, 0.05) is 23.6 Å². The zero-order valence-corrected chi connectivity index (χ0v) is 26.0. The maximum atomic E-state index is 12.3. The van der Waals surface area contributed by atoms with Gasteiger partial charge in [0.15, 0.2) is 0 Å². The molecule has 0 saturated carbocycles. The van der Waals surface area contributed by atoms with Crippen molar-refractivity contribution in [2.24, 2.45) is 5.10 Å². The lowest BCUT2D eigenvalue weighted by molar-refractivity contribution is -0.385. The predicted molar refractivity (Wildman–Crippen MR) is 168 cm³/mol. The summed E-state index contributed by atoms with van der Waals surface area (Å²) in [6.45, 7) is 13.7. The summed E-state index contributed by atoms with van der Waals surface area (Å²) in [5.41, 5.74) is 5.15. The first-order valence-electron chi connectivity index (χ1n) is 14.2. The van der Waals surface area contributed by atoms with Crippen molar-refractivity contribution in [3.05, 3.63) is 92.5 Å². The highest BCUT2D eigenvalue weighted by molar-refractivity contribution is 6.32. The molecule has 42 heavy (non-hydrogen) atoms. The maximum Gasteiger partial charge on any atom is 0.312 e. The van der Waals surface area contributed by atoms with Crippen molar-refractivity contribution in [1.82, 2.24) is 5.43 Å². The van der Waals surface area contributed by atoms with Crippen LogP contribution in [-0.2, 0) is 15.6 Å². The van der Waals surface area contributed by atoms with Crippen molar-refractivity contribution in [2.45, 2.75) is 78.1 Å². The van der Waals surface area contributed by atoms with Crippen LogP contribution < -0.4 is 14.9 Å². The second kappa shape index (κ2) is 14.3. The highest BCUT2D eigenvalue weighted by Crippen LogP contribution is 2.39. The van der Waals surface area contributed by atoms with Crippen LogP contribution in [0.25, 0.3) is 0 Å². The zero-order valence-electron chi connectivity index (χ0n) is 25.2. The number of nitrogens with zero attached hydrogens (tertiary/aromatic N) is 2. The smallest absolute Gasteiger partial charge is 0.312 e. The molecular weight excluding hydrogens is 554 g/mol. The average Bonchev–Trinajstić information content (AvgIpc) is 2.97. The standard InChI is InChI=1S/C33H40ClN3O5/c1-7-32(3,4)24-16-18-28(25(21-24)33(5,6)8-2)41-19-11-14-31(38)36-35-22-23-15-17-30(27(20-23)37(39)40)42-29-13-10-9-12-26(29)34/h9-10,12-13,15-18,20-22H,7-8,11,14,19H2,1-6H3,(H,36,38)/b35-22+. The molecule has 0 atom stereocenters. The topological polar surface area (TPSA) is 103 Å². The molecule has 0 radical (unpaired) electrons. The molecule has 0 aliphatic carbocycles. The second-order valence-corrected chi connectivity index (χ2v) is 11.9. The minimum Gasteiger partial charge on any atom is -0.493 e. The van der Waals surface area contributed by atoms with Crippen LogP contribution in [0.5, 0.6) is 17.2 Å². The summed E-state index contributed by atoms with van der Waals surface area (Å²) in [4.78, 5) is 23.4. The van der Waals surface area contributed by atoms with Crippen LogP contribution in [0.4, 0.5) is 5.69 Å². The first-order chi connectivity index (χ1) is 19.9. The Bertz CT molecular complexity index is 1430. The van der Waals surface area contributed by atoms with E-state index in [0.717, 1.165) is 18.6 Å². The summed E-state index contributed by atoms with van der Waals surface area (Å²) >= 11 is 6.10. The van der Waals surface area contributed by atoms with Crippen molar-refractivity contribution in [3.63, 3.8) is 0 Å². The number of hydrazone groups is 1. The van der Waals surface area contributed by atoms with Crippen LogP contribution in [0, 0.1) is 10.1 Å². The van der Waals surface area contributed by atoms with Gasteiger partial charge in [-0.1, -0.05) is 77.4 Å². The summed E-state index contributed by atoms with van der Waals surface area (Å²) in [5, 5.41) is 15.9. The molecule has 1 amide bonds. The molecule has 9 heteroatoms. The fourth-order valence-electron chi connectivity index (χ4n) is 4.14. The number of nitro groups is 1. The van der Waals surface area contributed by atoms with E-state index in [1.54, 1.807) is 30.3 Å². The summed E-state index contributed by atoms with van der Waals surface area (Å²) < 4.78 is 11.8. The number of hydrogen-bond donors (Lipinski definition) is 1. The van der Waals surface area contributed by atoms with Crippen LogP contribution in [0.15, 0.2) is 65.8 Å². The zero-order chi connectivity index (χ0) is 30.9. The van der Waals surface area contributed by atoms with Crippen molar-refractivity contribution >= 4 is 29.4 Å². The molecule has 3 aromatic rings. The Labute approximate surface area is 253 Å². The average molecular weight is 594 g/mol. The SMILES string of the molecule is CCC(C)(C)c1ccc(OCCCC(=O)N/N=C/c2ccc(Oc3ccccc3Cl)c([N+](=O)[O-])c2)c(C(C)(C)CC)c1. The fraction of sp³-hybridized carbons (Fsp3) is 0.394. The maximum absolute atomic E-state index is 12.3. The summed E-state index contributed by atoms with van der Waals surface area (Å²) in [6.07, 6.45) is 4.08. The number of para-hydroxylation sites is 1. The van der Waals surface area contributed by atoms with Gasteiger partial charge in [-0.05, 0) is 66.0 Å². The highest BCUT2D eigenvalue weighted by atomic mass is 35.5. The lowest BCUT2D eigenvalue weighted by Crippen LogP contribution is -2.21. The quantitative estimate of drug-likeness (QED) is 0.0871. The number of nitro benzene ring substituents is 1. The number of benzene rings is 3. The Morgan fingerprint density at radius 1 is 0.976 bits per heavy atom. The molecule has 0 fully saturated rings. The Kier molecular flexibility index (Phi) is 11.1. The first-order valence-corrected chi connectivity index (χ1v) is 14.6. The van der Waals surface area contributed by atoms with E-state index in [9.17, 15) is 14.9 Å². The molecule has 0 aliphatic rings. The van der Waals surface area contributed by atoms with Crippen LogP contribution >= 0.6 is 11.6 Å². The summed E-state index contributed by atoms with van der Waals surface area (Å²) in [6, 6.07) is 17.5. The third-order valence-electron chi connectivity index (χ3n) is 7.70. The molecule has 224 valence electrons. The third kappa shape index (κ3) is 8.55. The van der Waals surface area contributed by atoms with Crippen LogP contribution in [-0.4, -0.2) is 23.7 Å². The molecule has 8 nitrogen and oxygen atoms in total. The minimum atomic E-state index is -0.548. The van der Waals surface area contributed by atoms with Gasteiger partial charge in [-0.25, -0.2) is 5.43 Å². The van der Waals surface area contributed by atoms with Crippen molar-refractivity contribution < 1.29 is 19.2 Å². The van der Waals surface area contributed by atoms with Gasteiger partial charge in [0.2, 0.25) is 11.7 Å². The van der Waals surface area contributed by atoms with Gasteiger partial charge in [0.1, 0.15) is 11.5 Å². The van der Waals surface area contributed by atoms with Gasteiger partial charge in [0.05, 0.1) is 22.8 Å². The molecular formula is C33H40ClN3O5. The number of carbonyl (C=O) groups is 1. The molecule has 1 N–H and O–H groups in total. The van der Waals surface area contributed by atoms with Crippen LogP contribution in [0.2, 0.25) is 5.02 Å². The largest absolute Gasteiger partial charge is 0.493 e. The molecule has 0 spiro atoms. The van der Waals surface area contributed by atoms with Gasteiger partial charge >= 0.3 is 5.69 Å². The van der Waals surface area contributed by atoms with Gasteiger partial charge in [-0.15, -0.1) is 0 Å². The molecule has 3 aromatic carbocycles. The Morgan fingerprint density at radius 2 is 1.67 bits per heavy atom. The van der Waals surface area contributed by atoms with E-state index < -0.39 is 4.92 Å². The molecule has 0 heterocycles. The Hall–Kier alpha value is -3.91. The minimum absolute atomic E-state index is 0.0449. The van der Waals surface area contributed by atoms with Gasteiger partial charge in [0.25, 0.3) is 0 Å². The molecule has 0 bridgehead atoms. The second-order valence-electron chi connectivity index (χ2n) is 11.4. The lowest BCUT2D eigenvalue weighted by Gasteiger charge is -2.30. The molecule has 0 unspecified atom stereocenters. The normalized spacial score (nSPS) is 11.9. The van der Waals surface area contributed by atoms with Crippen molar-refractivity contribution in [2.75, 3.05) is 6.61 Å². The fourth-order valence-corrected chi connectivity index (χ4v) is 4.31. The number of amides is 1. The third-order valence-corrected chi connectivity index (χ3v) is 8.02. The van der Waals surface area contributed by atoms with E-state index in [-0.39, 0.29) is 34.6 Å². The van der Waals surface area contributed by atoms with Gasteiger partial charge < -0.3 is 9.47 Å². The number of hydrogen-bond acceptors (Lipinski definition) is 6. The Balaban J connectivity index is 1.56. The number of halogens is 1. The van der Waals surface area contributed by atoms with Gasteiger partial charge in [-0.3, -0.25) is 14.9 Å². The van der Waals surface area contributed by atoms with Gasteiger partial charge in [-0.2, -0.15) is 5.10 Å². The number of carbonyl (C=O) groups excluding carboxylic acids is 1. The lowest BCUT2D eigenvalue weighted by atomic mass is 9.76. The summed E-state index contributed by atoms with van der Waals surface area (Å²) in [7, 11) is 0.